The number of aromatic nitrogens is 3. The molecule has 0 aliphatic heterocycles. The van der Waals surface area contributed by atoms with Crippen molar-refractivity contribution in [3.05, 3.63) is 58.7 Å². The first-order valence-electron chi connectivity index (χ1n) is 7.34. The van der Waals surface area contributed by atoms with E-state index in [4.69, 9.17) is 26.8 Å². The number of carbonyl (C=O) groups excluding carboxylic acids is 1. The molecule has 0 atom stereocenters. The molecule has 0 saturated carbocycles. The molecule has 0 radical (unpaired) electrons. The molecule has 8 heteroatoms. The number of rotatable bonds is 6. The number of nitrogens with zero attached hydrogens (tertiary/aromatic N) is 2. The number of methoxy groups -OCH3 is 1. The van der Waals surface area contributed by atoms with Crippen LogP contribution < -0.4 is 15.2 Å². The topological polar surface area (TPSA) is 103 Å². The molecule has 0 unspecified atom stereocenters. The van der Waals surface area contributed by atoms with Crippen molar-refractivity contribution in [3.8, 4) is 22.8 Å². The maximum Gasteiger partial charge on any atom is 0.271 e. The lowest BCUT2D eigenvalue weighted by atomic mass is 10.1. The zero-order valence-corrected chi connectivity index (χ0v) is 14.1. The Morgan fingerprint density at radius 3 is 2.60 bits per heavy atom. The lowest BCUT2D eigenvalue weighted by Crippen LogP contribution is -2.12. The quantitative estimate of drug-likeness (QED) is 0.705. The number of amides is 1. The van der Waals surface area contributed by atoms with E-state index in [2.05, 4.69) is 15.4 Å². The van der Waals surface area contributed by atoms with Crippen molar-refractivity contribution < 1.29 is 14.3 Å². The van der Waals surface area contributed by atoms with E-state index >= 15 is 0 Å². The second-order valence-electron chi connectivity index (χ2n) is 5.17. The Kier molecular flexibility index (Phi) is 4.85. The average molecular weight is 359 g/mol. The van der Waals surface area contributed by atoms with Crippen molar-refractivity contribution in [2.45, 2.75) is 6.61 Å². The molecule has 7 nitrogen and oxygen atoms in total. The third-order valence-corrected chi connectivity index (χ3v) is 3.78. The van der Waals surface area contributed by atoms with Gasteiger partial charge in [-0.2, -0.15) is 15.4 Å². The summed E-state index contributed by atoms with van der Waals surface area (Å²) >= 11 is 5.88. The average Bonchev–Trinajstić information content (AvgIpc) is 3.11. The summed E-state index contributed by atoms with van der Waals surface area (Å²) in [5.41, 5.74) is 7.31. The Hall–Kier alpha value is -3.06. The summed E-state index contributed by atoms with van der Waals surface area (Å²) in [6.45, 7) is 0.332. The van der Waals surface area contributed by atoms with Gasteiger partial charge in [0.2, 0.25) is 0 Å². The predicted molar refractivity (Wildman–Crippen MR) is 92.7 cm³/mol. The van der Waals surface area contributed by atoms with Crippen LogP contribution in [0.3, 0.4) is 0 Å². The van der Waals surface area contributed by atoms with Crippen LogP contribution in [0.4, 0.5) is 0 Å². The van der Waals surface area contributed by atoms with Gasteiger partial charge in [0.15, 0.2) is 17.2 Å². The molecule has 128 valence electrons. The van der Waals surface area contributed by atoms with Gasteiger partial charge in [0.25, 0.3) is 5.91 Å². The number of nitrogens with one attached hydrogen (secondary N) is 1. The maximum atomic E-state index is 11.4. The molecule has 1 heterocycles. The van der Waals surface area contributed by atoms with Crippen LogP contribution in [0, 0.1) is 0 Å². The van der Waals surface area contributed by atoms with E-state index < -0.39 is 5.91 Å². The van der Waals surface area contributed by atoms with Crippen molar-refractivity contribution in [2.24, 2.45) is 5.73 Å². The van der Waals surface area contributed by atoms with Crippen LogP contribution in [0.2, 0.25) is 5.02 Å². The van der Waals surface area contributed by atoms with E-state index in [0.29, 0.717) is 34.4 Å². The number of nitrogens with two attached hydrogens (primary N) is 1. The first kappa shape index (κ1) is 16.8. The summed E-state index contributed by atoms with van der Waals surface area (Å²) in [4.78, 5) is 11.4. The zero-order chi connectivity index (χ0) is 17.8. The first-order valence-corrected chi connectivity index (χ1v) is 7.72. The fraction of sp³-hybridized carbons (Fsp3) is 0.118. The monoisotopic (exact) mass is 358 g/mol. The fourth-order valence-corrected chi connectivity index (χ4v) is 2.41. The van der Waals surface area contributed by atoms with Gasteiger partial charge < -0.3 is 15.2 Å². The largest absolute Gasteiger partial charge is 0.493 e. The minimum atomic E-state index is -0.664. The van der Waals surface area contributed by atoms with Gasteiger partial charge in [0.1, 0.15) is 12.3 Å². The van der Waals surface area contributed by atoms with Gasteiger partial charge in [-0.1, -0.05) is 23.7 Å². The molecular weight excluding hydrogens is 344 g/mol. The standard InChI is InChI=1S/C17H15ClN4O3/c1-24-13-7-4-11(15-16(17(19)23)21-22-20-15)8-14(13)25-9-10-2-5-12(18)6-3-10/h2-8H,9H2,1H3,(H2,19,23)(H,20,21,22). The highest BCUT2D eigenvalue weighted by Gasteiger charge is 2.17. The van der Waals surface area contributed by atoms with E-state index in [0.717, 1.165) is 5.56 Å². The van der Waals surface area contributed by atoms with Gasteiger partial charge in [-0.25, -0.2) is 0 Å². The number of primary amides is 1. The summed E-state index contributed by atoms with van der Waals surface area (Å²) in [5.74, 6) is 0.401. The highest BCUT2D eigenvalue weighted by molar-refractivity contribution is 6.30. The fourth-order valence-electron chi connectivity index (χ4n) is 2.28. The van der Waals surface area contributed by atoms with Gasteiger partial charge in [-0.05, 0) is 35.9 Å². The van der Waals surface area contributed by atoms with Crippen LogP contribution in [0.15, 0.2) is 42.5 Å². The third-order valence-electron chi connectivity index (χ3n) is 3.53. The Balaban J connectivity index is 1.88. The van der Waals surface area contributed by atoms with Gasteiger partial charge >= 0.3 is 0 Å². The molecule has 0 aliphatic rings. The Morgan fingerprint density at radius 2 is 1.92 bits per heavy atom. The van der Waals surface area contributed by atoms with Crippen molar-refractivity contribution in [3.63, 3.8) is 0 Å². The third kappa shape index (κ3) is 3.72. The molecule has 0 saturated heterocycles. The van der Waals surface area contributed by atoms with Crippen LogP contribution in [0.25, 0.3) is 11.3 Å². The molecule has 1 aromatic heterocycles. The van der Waals surface area contributed by atoms with E-state index in [-0.39, 0.29) is 5.69 Å². The molecule has 25 heavy (non-hydrogen) atoms. The molecule has 0 aliphatic carbocycles. The second kappa shape index (κ2) is 7.23. The van der Waals surface area contributed by atoms with E-state index in [1.54, 1.807) is 37.4 Å². The summed E-state index contributed by atoms with van der Waals surface area (Å²) in [6.07, 6.45) is 0. The Labute approximate surface area is 148 Å². The number of ether oxygens (including phenoxy) is 2. The molecule has 0 spiro atoms. The van der Waals surface area contributed by atoms with Crippen LogP contribution in [0.5, 0.6) is 11.5 Å². The summed E-state index contributed by atoms with van der Waals surface area (Å²) in [7, 11) is 1.55. The SMILES string of the molecule is COc1ccc(-c2n[nH]nc2C(N)=O)cc1OCc1ccc(Cl)cc1. The van der Waals surface area contributed by atoms with Crippen molar-refractivity contribution in [1.82, 2.24) is 15.4 Å². The van der Waals surface area contributed by atoms with Crippen molar-refractivity contribution in [2.75, 3.05) is 7.11 Å². The highest BCUT2D eigenvalue weighted by atomic mass is 35.5. The number of halogens is 1. The molecule has 1 amide bonds. The number of hydrogen-bond acceptors (Lipinski definition) is 5. The number of aromatic amines is 1. The van der Waals surface area contributed by atoms with Gasteiger partial charge in [-0.3, -0.25) is 4.79 Å². The number of benzene rings is 2. The van der Waals surface area contributed by atoms with E-state index in [1.807, 2.05) is 12.1 Å². The van der Waals surface area contributed by atoms with Crippen molar-refractivity contribution in [1.29, 1.82) is 0 Å². The molecule has 3 N–H and O–H groups in total. The molecule has 0 fully saturated rings. The predicted octanol–water partition coefficient (Wildman–Crippen LogP) is 2.81. The highest BCUT2D eigenvalue weighted by Crippen LogP contribution is 2.33. The lowest BCUT2D eigenvalue weighted by Gasteiger charge is -2.12. The van der Waals surface area contributed by atoms with E-state index in [1.165, 1.54) is 0 Å². The Morgan fingerprint density at radius 1 is 1.16 bits per heavy atom. The van der Waals surface area contributed by atoms with Crippen LogP contribution >= 0.6 is 11.6 Å². The van der Waals surface area contributed by atoms with Crippen LogP contribution in [-0.2, 0) is 6.61 Å². The lowest BCUT2D eigenvalue weighted by molar-refractivity contribution is 0.0996. The molecular formula is C17H15ClN4O3. The number of hydrogen-bond donors (Lipinski definition) is 2. The second-order valence-corrected chi connectivity index (χ2v) is 5.60. The summed E-state index contributed by atoms with van der Waals surface area (Å²) in [5, 5.41) is 10.8. The normalized spacial score (nSPS) is 10.5. The van der Waals surface area contributed by atoms with Gasteiger partial charge in [-0.15, -0.1) is 0 Å². The Bertz CT molecular complexity index is 893. The number of carbonyl (C=O) groups is 1. The van der Waals surface area contributed by atoms with Crippen LogP contribution in [-0.4, -0.2) is 28.4 Å². The summed E-state index contributed by atoms with van der Waals surface area (Å²) < 4.78 is 11.2. The molecule has 0 bridgehead atoms. The minimum absolute atomic E-state index is 0.0637. The van der Waals surface area contributed by atoms with E-state index in [9.17, 15) is 4.79 Å². The van der Waals surface area contributed by atoms with Gasteiger partial charge in [0, 0.05) is 10.6 Å². The van der Waals surface area contributed by atoms with Gasteiger partial charge in [0.05, 0.1) is 7.11 Å². The molecule has 3 aromatic rings. The summed E-state index contributed by atoms with van der Waals surface area (Å²) in [6, 6.07) is 12.5. The number of H-pyrrole nitrogens is 1. The van der Waals surface area contributed by atoms with Crippen molar-refractivity contribution >= 4 is 17.5 Å². The molecule has 2 aromatic carbocycles. The molecule has 3 rings (SSSR count). The smallest absolute Gasteiger partial charge is 0.271 e. The first-order chi connectivity index (χ1) is 12.1. The maximum absolute atomic E-state index is 11.4. The zero-order valence-electron chi connectivity index (χ0n) is 13.3. The van der Waals surface area contributed by atoms with Crippen LogP contribution in [0.1, 0.15) is 16.1 Å². The minimum Gasteiger partial charge on any atom is -0.493 e.